The molecule has 4 aliphatic rings. The summed E-state index contributed by atoms with van der Waals surface area (Å²) in [6.07, 6.45) is 5.29. The highest BCUT2D eigenvalue weighted by Crippen LogP contribution is 2.37. The Kier molecular flexibility index (Phi) is 9.18. The van der Waals surface area contributed by atoms with Crippen LogP contribution in [0.1, 0.15) is 57.8 Å². The highest BCUT2D eigenvalue weighted by molar-refractivity contribution is 7.89. The van der Waals surface area contributed by atoms with Crippen molar-refractivity contribution in [2.75, 3.05) is 33.1 Å². The monoisotopic (exact) mass is 549 g/mol. The Labute approximate surface area is 219 Å². The van der Waals surface area contributed by atoms with Crippen LogP contribution in [0.25, 0.3) is 0 Å². The van der Waals surface area contributed by atoms with Gasteiger partial charge in [0.15, 0.2) is 0 Å². The maximum atomic E-state index is 14.8. The van der Waals surface area contributed by atoms with Crippen molar-refractivity contribution in [1.29, 1.82) is 0 Å². The molecule has 3 N–H and O–H groups in total. The number of hydrogen-bond acceptors (Lipinski definition) is 6. The van der Waals surface area contributed by atoms with Crippen molar-refractivity contribution in [3.05, 3.63) is 0 Å². The second-order valence-corrected chi connectivity index (χ2v) is 13.8. The van der Waals surface area contributed by atoms with Crippen molar-refractivity contribution in [1.82, 2.24) is 25.4 Å². The molecule has 0 aromatic rings. The van der Waals surface area contributed by atoms with Gasteiger partial charge >= 0.3 is 0 Å². The number of nitrogens with zero attached hydrogens (tertiary/aromatic N) is 2. The van der Waals surface area contributed by atoms with Crippen LogP contribution in [0, 0.1) is 23.7 Å². The van der Waals surface area contributed by atoms with E-state index in [1.165, 1.54) is 0 Å². The molecule has 1 heterocycles. The molecule has 4 rings (SSSR count). The number of alkyl halides is 2. The third-order valence-electron chi connectivity index (χ3n) is 8.80. The van der Waals surface area contributed by atoms with Gasteiger partial charge in [-0.15, -0.1) is 16.4 Å². The summed E-state index contributed by atoms with van der Waals surface area (Å²) in [6, 6.07) is 0.289. The third kappa shape index (κ3) is 6.70. The van der Waals surface area contributed by atoms with Crippen molar-refractivity contribution < 1.29 is 22.4 Å². The second kappa shape index (κ2) is 11.8. The van der Waals surface area contributed by atoms with Crippen molar-refractivity contribution >= 4 is 33.4 Å². The lowest BCUT2D eigenvalue weighted by Gasteiger charge is -2.38. The van der Waals surface area contributed by atoms with Crippen LogP contribution in [-0.2, 0) is 19.6 Å². The molecule has 2 amide bonds. The minimum Gasteiger partial charge on any atom is -0.343 e. The summed E-state index contributed by atoms with van der Waals surface area (Å²) < 4.78 is 40.2. The van der Waals surface area contributed by atoms with E-state index in [0.29, 0.717) is 25.7 Å². The molecule has 1 saturated heterocycles. The summed E-state index contributed by atoms with van der Waals surface area (Å²) in [6.45, 7) is 1.54. The number of likely N-dealkylation sites (N-methyl/N-ethyl adjacent to an activating group) is 1. The minimum atomic E-state index is -3.78. The van der Waals surface area contributed by atoms with Gasteiger partial charge in [-0.25, -0.2) is 12.8 Å². The van der Waals surface area contributed by atoms with Gasteiger partial charge in [0.1, 0.15) is 6.17 Å². The summed E-state index contributed by atoms with van der Waals surface area (Å²) in [5, 5.41) is 2.60. The number of halogens is 2. The average Bonchev–Trinajstić information content (AvgIpc) is 3.24. The van der Waals surface area contributed by atoms with Crippen LogP contribution in [0.15, 0.2) is 0 Å². The maximum Gasteiger partial charge on any atom is 0.241 e. The van der Waals surface area contributed by atoms with E-state index in [9.17, 15) is 22.4 Å². The smallest absolute Gasteiger partial charge is 0.241 e. The normalized spacial score (nSPS) is 36.3. The number of sulfonamides is 1. The molecule has 0 aromatic heterocycles. The van der Waals surface area contributed by atoms with Gasteiger partial charge in [-0.1, -0.05) is 6.42 Å². The van der Waals surface area contributed by atoms with E-state index in [4.69, 9.17) is 11.6 Å². The average molecular weight is 550 g/mol. The van der Waals surface area contributed by atoms with Crippen LogP contribution in [0.3, 0.4) is 0 Å². The minimum absolute atomic E-state index is 0.0429. The fraction of sp³-hybridized carbons (Fsp3) is 0.917. The maximum absolute atomic E-state index is 14.8. The molecule has 0 spiro atoms. The Morgan fingerprint density at radius 2 is 1.83 bits per heavy atom. The van der Waals surface area contributed by atoms with E-state index in [-0.39, 0.29) is 41.5 Å². The van der Waals surface area contributed by atoms with E-state index in [0.717, 1.165) is 45.3 Å². The molecule has 36 heavy (non-hydrogen) atoms. The van der Waals surface area contributed by atoms with Gasteiger partial charge in [0.2, 0.25) is 21.8 Å². The lowest BCUT2D eigenvalue weighted by Crippen LogP contribution is -2.52. The first kappa shape index (κ1) is 28.0. The number of carbonyl (C=O) groups is 2. The number of hydrogen-bond donors (Lipinski definition) is 3. The van der Waals surface area contributed by atoms with Gasteiger partial charge < -0.3 is 4.90 Å². The Hall–Kier alpha value is -1.01. The molecule has 1 aliphatic heterocycles. The predicted octanol–water partition coefficient (Wildman–Crippen LogP) is 1.59. The van der Waals surface area contributed by atoms with Crippen molar-refractivity contribution in [3.63, 3.8) is 0 Å². The van der Waals surface area contributed by atoms with Crippen LogP contribution in [0.2, 0.25) is 0 Å². The molecule has 5 unspecified atom stereocenters. The van der Waals surface area contributed by atoms with E-state index in [2.05, 4.69) is 20.5 Å². The Morgan fingerprint density at radius 1 is 1.14 bits per heavy atom. The number of rotatable bonds is 8. The highest BCUT2D eigenvalue weighted by atomic mass is 35.5. The first-order valence-electron chi connectivity index (χ1n) is 13.3. The molecule has 9 nitrogen and oxygen atoms in total. The summed E-state index contributed by atoms with van der Waals surface area (Å²) >= 11 is 6.26. The largest absolute Gasteiger partial charge is 0.343 e. The first-order chi connectivity index (χ1) is 17.0. The Balaban J connectivity index is 1.23. The van der Waals surface area contributed by atoms with E-state index in [1.54, 1.807) is 0 Å². The van der Waals surface area contributed by atoms with Crippen molar-refractivity contribution in [2.24, 2.45) is 23.7 Å². The fourth-order valence-electron chi connectivity index (χ4n) is 6.25. The second-order valence-electron chi connectivity index (χ2n) is 11.4. The van der Waals surface area contributed by atoms with Crippen molar-refractivity contribution in [2.45, 2.75) is 81.4 Å². The first-order valence-corrected chi connectivity index (χ1v) is 15.4. The van der Waals surface area contributed by atoms with E-state index < -0.39 is 33.4 Å². The summed E-state index contributed by atoms with van der Waals surface area (Å²) in [7, 11) is 0.0699. The van der Waals surface area contributed by atoms with Gasteiger partial charge in [-0.3, -0.25) is 25.2 Å². The topological polar surface area (TPSA) is 111 Å². The third-order valence-corrected chi connectivity index (χ3v) is 10.5. The molecule has 5 atom stereocenters. The van der Waals surface area contributed by atoms with Crippen LogP contribution in [0.5, 0.6) is 0 Å². The molecular formula is C24H41ClFN5O4S. The van der Waals surface area contributed by atoms with Gasteiger partial charge in [0.25, 0.3) is 0 Å². The zero-order chi connectivity index (χ0) is 26.0. The number of carbonyl (C=O) groups excluding carboxylic acids is 2. The van der Waals surface area contributed by atoms with Crippen LogP contribution >= 0.6 is 11.6 Å². The van der Waals surface area contributed by atoms with Gasteiger partial charge in [0, 0.05) is 38.3 Å². The van der Waals surface area contributed by atoms with Crippen LogP contribution in [-0.4, -0.2) is 86.7 Å². The number of nitrogens with one attached hydrogen (secondary N) is 3. The quantitative estimate of drug-likeness (QED) is 0.313. The highest BCUT2D eigenvalue weighted by Gasteiger charge is 2.44. The lowest BCUT2D eigenvalue weighted by atomic mass is 9.76. The summed E-state index contributed by atoms with van der Waals surface area (Å²) in [4.78, 5) is 31.5. The van der Waals surface area contributed by atoms with Crippen molar-refractivity contribution in [3.8, 4) is 0 Å². The van der Waals surface area contributed by atoms with E-state index >= 15 is 0 Å². The molecular weight excluding hydrogens is 509 g/mol. The van der Waals surface area contributed by atoms with Gasteiger partial charge in [-0.05, 0) is 70.3 Å². The Bertz CT molecular complexity index is 899. The molecule has 3 saturated carbocycles. The predicted molar refractivity (Wildman–Crippen MR) is 136 cm³/mol. The molecule has 0 aromatic carbocycles. The fourth-order valence-corrected chi connectivity index (χ4v) is 7.95. The number of amides is 2. The van der Waals surface area contributed by atoms with Crippen LogP contribution in [0.4, 0.5) is 4.39 Å². The summed E-state index contributed by atoms with van der Waals surface area (Å²) in [5.74, 6) is -1.41. The van der Waals surface area contributed by atoms with Crippen LogP contribution < -0.4 is 15.6 Å². The number of hydrazine groups is 1. The lowest BCUT2D eigenvalue weighted by molar-refractivity contribution is -0.139. The Morgan fingerprint density at radius 3 is 2.42 bits per heavy atom. The molecule has 12 heteroatoms. The summed E-state index contributed by atoms with van der Waals surface area (Å²) in [5.41, 5.74) is 2.26. The van der Waals surface area contributed by atoms with Gasteiger partial charge in [0.05, 0.1) is 17.0 Å². The molecule has 4 fully saturated rings. The molecule has 0 radical (unpaired) electrons. The standard InChI is InChI=1S/C24H41ClFN5O4S/c1-30-12-21(27-14-30)17-10-19(22(26)20(25)11-17)23(32)28-29-36(34,35)13-15-6-8-18(9-7-15)31(2)24(33)16-4-3-5-16/h15-22,27,29H,3-14H2,1-2H3,(H,28,32). The van der Waals surface area contributed by atoms with E-state index in [1.807, 2.05) is 19.0 Å². The molecule has 0 bridgehead atoms. The zero-order valence-corrected chi connectivity index (χ0v) is 22.9. The zero-order valence-electron chi connectivity index (χ0n) is 21.3. The molecule has 3 aliphatic carbocycles. The SMILES string of the molecule is CN1CNC(C2CC(Cl)C(F)C(C(=O)NNS(=O)(=O)CC3CCC(N(C)C(=O)C4CCC4)CC3)C2)C1. The van der Waals surface area contributed by atoms with Gasteiger partial charge in [-0.2, -0.15) is 0 Å². The molecule has 206 valence electrons.